The van der Waals surface area contributed by atoms with E-state index in [4.69, 9.17) is 4.74 Å². The molecule has 0 spiro atoms. The molecule has 2 aromatic heterocycles. The van der Waals surface area contributed by atoms with Gasteiger partial charge in [-0.3, -0.25) is 9.78 Å². The van der Waals surface area contributed by atoms with Gasteiger partial charge in [0.1, 0.15) is 5.69 Å². The van der Waals surface area contributed by atoms with Gasteiger partial charge in [0.2, 0.25) is 5.88 Å². The molecule has 1 aromatic carbocycles. The first kappa shape index (κ1) is 13.9. The monoisotopic (exact) mass is 294 g/mol. The van der Waals surface area contributed by atoms with Crippen molar-refractivity contribution < 1.29 is 9.53 Å². The Morgan fingerprint density at radius 3 is 2.91 bits per heavy atom. The zero-order valence-corrected chi connectivity index (χ0v) is 12.0. The van der Waals surface area contributed by atoms with E-state index in [1.165, 1.54) is 18.6 Å². The second-order valence-electron chi connectivity index (χ2n) is 4.50. The molecule has 0 unspecified atom stereocenters. The largest absolute Gasteiger partial charge is 0.478 e. The molecule has 0 saturated carbocycles. The van der Waals surface area contributed by atoms with Crippen molar-refractivity contribution in [2.24, 2.45) is 0 Å². The van der Waals surface area contributed by atoms with E-state index in [0.717, 1.165) is 5.39 Å². The first-order valence-corrected chi connectivity index (χ1v) is 6.88. The van der Waals surface area contributed by atoms with Gasteiger partial charge in [-0.05, 0) is 19.1 Å². The van der Waals surface area contributed by atoms with E-state index < -0.39 is 0 Å². The van der Waals surface area contributed by atoms with Crippen molar-refractivity contribution in [2.45, 2.75) is 6.92 Å². The highest BCUT2D eigenvalue weighted by molar-refractivity contribution is 6.07. The number of hydrogen-bond donors (Lipinski definition) is 1. The fourth-order valence-electron chi connectivity index (χ4n) is 2.06. The van der Waals surface area contributed by atoms with Gasteiger partial charge >= 0.3 is 0 Å². The van der Waals surface area contributed by atoms with Gasteiger partial charge in [-0.25, -0.2) is 9.97 Å². The highest BCUT2D eigenvalue weighted by Gasteiger charge is 2.11. The van der Waals surface area contributed by atoms with E-state index in [1.807, 2.05) is 25.1 Å². The van der Waals surface area contributed by atoms with Crippen LogP contribution in [0.1, 0.15) is 17.4 Å². The Labute approximate surface area is 127 Å². The predicted molar refractivity (Wildman–Crippen MR) is 82.9 cm³/mol. The van der Waals surface area contributed by atoms with Crippen LogP contribution in [-0.4, -0.2) is 27.5 Å². The highest BCUT2D eigenvalue weighted by Crippen LogP contribution is 2.24. The van der Waals surface area contributed by atoms with Gasteiger partial charge in [-0.15, -0.1) is 0 Å². The molecule has 0 aliphatic rings. The molecule has 0 radical (unpaired) electrons. The highest BCUT2D eigenvalue weighted by atomic mass is 16.5. The molecule has 6 nitrogen and oxygen atoms in total. The van der Waals surface area contributed by atoms with Crippen LogP contribution in [0.4, 0.5) is 5.69 Å². The number of para-hydroxylation sites is 1. The number of anilines is 1. The summed E-state index contributed by atoms with van der Waals surface area (Å²) in [5, 5.41) is 3.73. The van der Waals surface area contributed by atoms with Crippen molar-refractivity contribution in [3.8, 4) is 5.88 Å². The molecule has 22 heavy (non-hydrogen) atoms. The van der Waals surface area contributed by atoms with E-state index in [2.05, 4.69) is 20.3 Å². The number of pyridine rings is 1. The molecule has 0 fully saturated rings. The minimum Gasteiger partial charge on any atom is -0.478 e. The number of nitrogens with one attached hydrogen (secondary N) is 1. The summed E-state index contributed by atoms with van der Waals surface area (Å²) in [5.41, 5.74) is 1.53. The second kappa shape index (κ2) is 6.17. The lowest BCUT2D eigenvalue weighted by molar-refractivity contribution is 0.102. The van der Waals surface area contributed by atoms with Crippen molar-refractivity contribution in [3.63, 3.8) is 0 Å². The molecular weight excluding hydrogens is 280 g/mol. The molecule has 0 aliphatic carbocycles. The van der Waals surface area contributed by atoms with Crippen molar-refractivity contribution in [1.29, 1.82) is 0 Å². The molecule has 0 atom stereocenters. The van der Waals surface area contributed by atoms with Crippen LogP contribution in [-0.2, 0) is 0 Å². The van der Waals surface area contributed by atoms with Gasteiger partial charge in [0.05, 0.1) is 24.0 Å². The summed E-state index contributed by atoms with van der Waals surface area (Å²) in [4.78, 5) is 24.5. The number of carbonyl (C=O) groups excluding carboxylic acids is 1. The summed E-state index contributed by atoms with van der Waals surface area (Å²) in [6.07, 6.45) is 4.41. The zero-order valence-electron chi connectivity index (χ0n) is 12.0. The Morgan fingerprint density at radius 2 is 2.14 bits per heavy atom. The molecule has 3 rings (SSSR count). The average Bonchev–Trinajstić information content (AvgIpc) is 2.56. The van der Waals surface area contributed by atoms with Crippen LogP contribution in [0, 0.1) is 0 Å². The SMILES string of the molecule is CCOc1ccc2cccc(NC(=O)c3cnccn3)c2n1. The fraction of sp³-hybridized carbons (Fsp3) is 0.125. The maximum Gasteiger partial charge on any atom is 0.275 e. The number of benzene rings is 1. The minimum atomic E-state index is -0.329. The van der Waals surface area contributed by atoms with Gasteiger partial charge in [-0.1, -0.05) is 12.1 Å². The smallest absolute Gasteiger partial charge is 0.275 e. The quantitative estimate of drug-likeness (QED) is 0.800. The molecule has 0 bridgehead atoms. The number of fused-ring (bicyclic) bond motifs is 1. The van der Waals surface area contributed by atoms with Crippen LogP contribution >= 0.6 is 0 Å². The lowest BCUT2D eigenvalue weighted by Crippen LogP contribution is -2.14. The minimum absolute atomic E-state index is 0.250. The average molecular weight is 294 g/mol. The summed E-state index contributed by atoms with van der Waals surface area (Å²) in [6, 6.07) is 9.29. The summed E-state index contributed by atoms with van der Waals surface area (Å²) in [5.74, 6) is 0.195. The summed E-state index contributed by atoms with van der Waals surface area (Å²) >= 11 is 0. The third-order valence-corrected chi connectivity index (χ3v) is 3.03. The van der Waals surface area contributed by atoms with E-state index in [-0.39, 0.29) is 11.6 Å². The van der Waals surface area contributed by atoms with E-state index >= 15 is 0 Å². The topological polar surface area (TPSA) is 77.0 Å². The Hall–Kier alpha value is -3.02. The maximum absolute atomic E-state index is 12.2. The standard InChI is InChI=1S/C16H14N4O2/c1-2-22-14-7-6-11-4-3-5-12(15(11)20-14)19-16(21)13-10-17-8-9-18-13/h3-10H,2H2,1H3,(H,19,21). The maximum atomic E-state index is 12.2. The summed E-state index contributed by atoms with van der Waals surface area (Å²) in [6.45, 7) is 2.43. The predicted octanol–water partition coefficient (Wildman–Crippen LogP) is 2.68. The second-order valence-corrected chi connectivity index (χ2v) is 4.50. The molecule has 6 heteroatoms. The first-order chi connectivity index (χ1) is 10.8. The number of ether oxygens (including phenoxy) is 1. The molecule has 3 aromatic rings. The Balaban J connectivity index is 1.96. The van der Waals surface area contributed by atoms with Crippen LogP contribution in [0.15, 0.2) is 48.9 Å². The molecular formula is C16H14N4O2. The lowest BCUT2D eigenvalue weighted by atomic mass is 10.2. The van der Waals surface area contributed by atoms with Gasteiger partial charge in [0.25, 0.3) is 5.91 Å². The van der Waals surface area contributed by atoms with Gasteiger partial charge in [-0.2, -0.15) is 0 Å². The number of rotatable bonds is 4. The number of nitrogens with zero attached hydrogens (tertiary/aromatic N) is 3. The van der Waals surface area contributed by atoms with E-state index in [1.54, 1.807) is 12.1 Å². The van der Waals surface area contributed by atoms with Crippen LogP contribution in [0.3, 0.4) is 0 Å². The van der Waals surface area contributed by atoms with E-state index in [9.17, 15) is 4.79 Å². The number of amides is 1. The number of aromatic nitrogens is 3. The molecule has 110 valence electrons. The summed E-state index contributed by atoms with van der Waals surface area (Å²) < 4.78 is 5.41. The van der Waals surface area contributed by atoms with Crippen LogP contribution in [0.5, 0.6) is 5.88 Å². The van der Waals surface area contributed by atoms with Crippen LogP contribution < -0.4 is 10.1 Å². The van der Waals surface area contributed by atoms with Crippen molar-refractivity contribution in [2.75, 3.05) is 11.9 Å². The van der Waals surface area contributed by atoms with Crippen LogP contribution in [0.2, 0.25) is 0 Å². The fourth-order valence-corrected chi connectivity index (χ4v) is 2.06. The molecule has 0 aliphatic heterocycles. The Morgan fingerprint density at radius 1 is 1.23 bits per heavy atom. The molecule has 0 saturated heterocycles. The van der Waals surface area contributed by atoms with Crippen molar-refractivity contribution in [3.05, 3.63) is 54.6 Å². The molecule has 1 amide bonds. The van der Waals surface area contributed by atoms with Crippen LogP contribution in [0.25, 0.3) is 10.9 Å². The van der Waals surface area contributed by atoms with Gasteiger partial charge < -0.3 is 10.1 Å². The third-order valence-electron chi connectivity index (χ3n) is 3.03. The van der Waals surface area contributed by atoms with Crippen molar-refractivity contribution >= 4 is 22.5 Å². The Kier molecular flexibility index (Phi) is 3.91. The zero-order chi connectivity index (χ0) is 15.4. The first-order valence-electron chi connectivity index (χ1n) is 6.88. The number of carbonyl (C=O) groups is 1. The summed E-state index contributed by atoms with van der Waals surface area (Å²) in [7, 11) is 0. The normalized spacial score (nSPS) is 10.4. The van der Waals surface area contributed by atoms with E-state index in [0.29, 0.717) is 23.7 Å². The van der Waals surface area contributed by atoms with Crippen molar-refractivity contribution in [1.82, 2.24) is 15.0 Å². The lowest BCUT2D eigenvalue weighted by Gasteiger charge is -2.09. The molecule has 1 N–H and O–H groups in total. The molecule has 2 heterocycles. The number of hydrogen-bond acceptors (Lipinski definition) is 5. The van der Waals surface area contributed by atoms with Gasteiger partial charge in [0.15, 0.2) is 0 Å². The Bertz CT molecular complexity index is 806. The van der Waals surface area contributed by atoms with Gasteiger partial charge in [0, 0.05) is 23.8 Å². The third kappa shape index (κ3) is 2.85.